The first-order chi connectivity index (χ1) is 6.38. The lowest BCUT2D eigenvalue weighted by Gasteiger charge is -2.03. The molecule has 13 heavy (non-hydrogen) atoms. The Balaban J connectivity index is 2.45. The highest BCUT2D eigenvalue weighted by Crippen LogP contribution is 1.99. The molecule has 0 fully saturated rings. The molecule has 74 valence electrons. The zero-order chi connectivity index (χ0) is 9.52. The third-order valence-corrected chi connectivity index (χ3v) is 1.86. The summed E-state index contributed by atoms with van der Waals surface area (Å²) in [5.41, 5.74) is 5.40. The summed E-state index contributed by atoms with van der Waals surface area (Å²) in [6.07, 6.45) is 4.16. The van der Waals surface area contributed by atoms with Gasteiger partial charge in [-0.3, -0.25) is 0 Å². The first-order valence-electron chi connectivity index (χ1n) is 4.56. The van der Waals surface area contributed by atoms with Gasteiger partial charge in [-0.2, -0.15) is 0 Å². The molecule has 0 atom stereocenters. The summed E-state index contributed by atoms with van der Waals surface area (Å²) in [4.78, 5) is 0. The van der Waals surface area contributed by atoms with E-state index in [0.717, 1.165) is 31.6 Å². The summed E-state index contributed by atoms with van der Waals surface area (Å²) in [6, 6.07) is 0. The topological polar surface area (TPSA) is 77.0 Å². The van der Waals surface area contributed by atoms with E-state index in [2.05, 4.69) is 10.2 Å². The molecule has 5 heteroatoms. The zero-order valence-electron chi connectivity index (χ0n) is 7.69. The molecule has 1 heterocycles. The van der Waals surface area contributed by atoms with Crippen molar-refractivity contribution in [1.29, 1.82) is 0 Å². The van der Waals surface area contributed by atoms with Gasteiger partial charge < -0.3 is 15.4 Å². The van der Waals surface area contributed by atoms with Gasteiger partial charge in [0.25, 0.3) is 0 Å². The molecule has 1 aromatic rings. The van der Waals surface area contributed by atoms with Gasteiger partial charge in [0, 0.05) is 19.6 Å². The molecule has 0 aliphatic carbocycles. The van der Waals surface area contributed by atoms with Crippen LogP contribution in [0.4, 0.5) is 0 Å². The molecule has 0 bridgehead atoms. The van der Waals surface area contributed by atoms with Crippen molar-refractivity contribution in [2.75, 3.05) is 13.2 Å². The van der Waals surface area contributed by atoms with E-state index in [1.165, 1.54) is 0 Å². The number of nitrogens with zero attached hydrogens (tertiary/aromatic N) is 3. The van der Waals surface area contributed by atoms with E-state index >= 15 is 0 Å². The van der Waals surface area contributed by atoms with Crippen LogP contribution < -0.4 is 5.73 Å². The fourth-order valence-corrected chi connectivity index (χ4v) is 1.16. The quantitative estimate of drug-likeness (QED) is 0.628. The molecule has 0 amide bonds. The van der Waals surface area contributed by atoms with Gasteiger partial charge in [0.05, 0.1) is 0 Å². The van der Waals surface area contributed by atoms with Crippen molar-refractivity contribution < 1.29 is 5.11 Å². The SMILES string of the molecule is NCCCn1cnnc1CCCO. The highest BCUT2D eigenvalue weighted by molar-refractivity contribution is 4.85. The first-order valence-corrected chi connectivity index (χ1v) is 4.56. The maximum Gasteiger partial charge on any atom is 0.132 e. The summed E-state index contributed by atoms with van der Waals surface area (Å²) >= 11 is 0. The van der Waals surface area contributed by atoms with E-state index in [1.807, 2.05) is 4.57 Å². The molecule has 0 saturated heterocycles. The highest BCUT2D eigenvalue weighted by Gasteiger charge is 2.02. The van der Waals surface area contributed by atoms with Gasteiger partial charge in [-0.1, -0.05) is 0 Å². The van der Waals surface area contributed by atoms with Crippen molar-refractivity contribution in [2.45, 2.75) is 25.8 Å². The minimum absolute atomic E-state index is 0.198. The predicted octanol–water partition coefficient (Wildman–Crippen LogP) is -0.448. The van der Waals surface area contributed by atoms with Crippen molar-refractivity contribution in [1.82, 2.24) is 14.8 Å². The Bertz CT molecular complexity index is 213. The summed E-state index contributed by atoms with van der Waals surface area (Å²) < 4.78 is 1.99. The lowest BCUT2D eigenvalue weighted by molar-refractivity contribution is 0.286. The fraction of sp³-hybridized carbons (Fsp3) is 0.750. The molecular weight excluding hydrogens is 168 g/mol. The zero-order valence-corrected chi connectivity index (χ0v) is 7.69. The lowest BCUT2D eigenvalue weighted by atomic mass is 10.3. The first kappa shape index (κ1) is 10.1. The summed E-state index contributed by atoms with van der Waals surface area (Å²) in [5.74, 6) is 0.933. The summed E-state index contributed by atoms with van der Waals surface area (Å²) in [5, 5.41) is 16.4. The number of aryl methyl sites for hydroxylation is 2. The largest absolute Gasteiger partial charge is 0.396 e. The molecule has 5 nitrogen and oxygen atoms in total. The number of hydrogen-bond donors (Lipinski definition) is 2. The molecule has 0 aliphatic rings. The standard InChI is InChI=1S/C8H16N4O/c9-4-2-5-12-7-10-11-8(12)3-1-6-13/h7,13H,1-6,9H2. The van der Waals surface area contributed by atoms with Crippen molar-refractivity contribution in [3.8, 4) is 0 Å². The van der Waals surface area contributed by atoms with Gasteiger partial charge in [0.1, 0.15) is 12.2 Å². The Morgan fingerprint density at radius 1 is 1.46 bits per heavy atom. The second-order valence-electron chi connectivity index (χ2n) is 2.91. The Morgan fingerprint density at radius 3 is 3.00 bits per heavy atom. The smallest absolute Gasteiger partial charge is 0.132 e. The van der Waals surface area contributed by atoms with E-state index in [9.17, 15) is 0 Å². The Kier molecular flexibility index (Phi) is 4.42. The van der Waals surface area contributed by atoms with Crippen LogP contribution in [0.25, 0.3) is 0 Å². The maximum atomic E-state index is 8.65. The molecule has 0 spiro atoms. The minimum atomic E-state index is 0.198. The van der Waals surface area contributed by atoms with E-state index in [0.29, 0.717) is 6.54 Å². The van der Waals surface area contributed by atoms with Gasteiger partial charge in [0.2, 0.25) is 0 Å². The lowest BCUT2D eigenvalue weighted by Crippen LogP contribution is -2.08. The van der Waals surface area contributed by atoms with Gasteiger partial charge in [-0.25, -0.2) is 0 Å². The predicted molar refractivity (Wildman–Crippen MR) is 49.1 cm³/mol. The average Bonchev–Trinajstić information content (AvgIpc) is 2.59. The summed E-state index contributed by atoms with van der Waals surface area (Å²) in [6.45, 7) is 1.74. The number of aromatic nitrogens is 3. The van der Waals surface area contributed by atoms with Crippen LogP contribution >= 0.6 is 0 Å². The third-order valence-electron chi connectivity index (χ3n) is 1.86. The van der Waals surface area contributed by atoms with Crippen molar-refractivity contribution in [3.63, 3.8) is 0 Å². The average molecular weight is 184 g/mol. The highest BCUT2D eigenvalue weighted by atomic mass is 16.2. The number of aliphatic hydroxyl groups is 1. The Hall–Kier alpha value is -0.940. The van der Waals surface area contributed by atoms with Crippen LogP contribution in [0.3, 0.4) is 0 Å². The number of aliphatic hydroxyl groups excluding tert-OH is 1. The molecule has 0 unspecified atom stereocenters. The molecule has 0 radical (unpaired) electrons. The molecule has 0 saturated carbocycles. The maximum absolute atomic E-state index is 8.65. The van der Waals surface area contributed by atoms with Gasteiger partial charge in [0.15, 0.2) is 0 Å². The molecule has 3 N–H and O–H groups in total. The molecular formula is C8H16N4O. The Morgan fingerprint density at radius 2 is 2.31 bits per heavy atom. The van der Waals surface area contributed by atoms with E-state index in [1.54, 1.807) is 6.33 Å². The van der Waals surface area contributed by atoms with E-state index < -0.39 is 0 Å². The van der Waals surface area contributed by atoms with Gasteiger partial charge >= 0.3 is 0 Å². The number of hydrogen-bond acceptors (Lipinski definition) is 4. The minimum Gasteiger partial charge on any atom is -0.396 e. The monoisotopic (exact) mass is 184 g/mol. The van der Waals surface area contributed by atoms with Crippen LogP contribution in [-0.2, 0) is 13.0 Å². The Labute approximate surface area is 77.6 Å². The third kappa shape index (κ3) is 3.12. The van der Waals surface area contributed by atoms with Crippen LogP contribution in [0.5, 0.6) is 0 Å². The van der Waals surface area contributed by atoms with E-state index in [4.69, 9.17) is 10.8 Å². The second-order valence-corrected chi connectivity index (χ2v) is 2.91. The number of nitrogens with two attached hydrogens (primary N) is 1. The van der Waals surface area contributed by atoms with Crippen molar-refractivity contribution in [3.05, 3.63) is 12.2 Å². The molecule has 1 aromatic heterocycles. The van der Waals surface area contributed by atoms with Crippen LogP contribution in [0.1, 0.15) is 18.7 Å². The summed E-state index contributed by atoms with van der Waals surface area (Å²) in [7, 11) is 0. The van der Waals surface area contributed by atoms with Crippen LogP contribution in [0.2, 0.25) is 0 Å². The molecule has 0 aliphatic heterocycles. The van der Waals surface area contributed by atoms with Gasteiger partial charge in [-0.15, -0.1) is 10.2 Å². The second kappa shape index (κ2) is 5.66. The van der Waals surface area contributed by atoms with Gasteiger partial charge in [-0.05, 0) is 19.4 Å². The van der Waals surface area contributed by atoms with Crippen LogP contribution in [0.15, 0.2) is 6.33 Å². The number of rotatable bonds is 6. The van der Waals surface area contributed by atoms with E-state index in [-0.39, 0.29) is 6.61 Å². The van der Waals surface area contributed by atoms with Crippen molar-refractivity contribution in [2.24, 2.45) is 5.73 Å². The van der Waals surface area contributed by atoms with Crippen LogP contribution in [0, 0.1) is 0 Å². The normalized spacial score (nSPS) is 10.6. The molecule has 0 aromatic carbocycles. The molecule has 1 rings (SSSR count). The fourth-order valence-electron chi connectivity index (χ4n) is 1.16. The van der Waals surface area contributed by atoms with Crippen LogP contribution in [-0.4, -0.2) is 33.0 Å². The van der Waals surface area contributed by atoms with Crippen molar-refractivity contribution >= 4 is 0 Å².